The lowest BCUT2D eigenvalue weighted by molar-refractivity contribution is 0.0518. The van der Waals surface area contributed by atoms with E-state index in [1.54, 1.807) is 48.0 Å². The molecule has 0 N–H and O–H groups in total. The van der Waals surface area contributed by atoms with Crippen molar-refractivity contribution in [1.29, 1.82) is 0 Å². The van der Waals surface area contributed by atoms with Crippen LogP contribution >= 0.6 is 23.2 Å². The molecule has 0 spiro atoms. The Kier molecular flexibility index (Phi) is 7.05. The van der Waals surface area contributed by atoms with E-state index >= 15 is 0 Å². The lowest BCUT2D eigenvalue weighted by Gasteiger charge is -2.30. The lowest BCUT2D eigenvalue weighted by atomic mass is 9.98. The van der Waals surface area contributed by atoms with Crippen LogP contribution in [-0.4, -0.2) is 46.3 Å². The SMILES string of the molecule is CCOC(=O)c1cc(-c2ccc(Cl)cc2Cl)n(-c2ccc(C(=O)N3CCC(C)CC3)cc2)n1. The molecule has 0 saturated carbocycles. The summed E-state index contributed by atoms with van der Waals surface area (Å²) in [5, 5.41) is 5.41. The van der Waals surface area contributed by atoms with Crippen molar-refractivity contribution >= 4 is 35.1 Å². The zero-order valence-electron chi connectivity index (χ0n) is 18.6. The minimum atomic E-state index is -0.520. The quantitative estimate of drug-likeness (QED) is 0.422. The van der Waals surface area contributed by atoms with Crippen LogP contribution < -0.4 is 0 Å². The molecule has 1 aliphatic heterocycles. The highest BCUT2D eigenvalue weighted by Gasteiger charge is 2.22. The van der Waals surface area contributed by atoms with Gasteiger partial charge in [-0.15, -0.1) is 0 Å². The fourth-order valence-corrected chi connectivity index (χ4v) is 4.42. The van der Waals surface area contributed by atoms with E-state index in [-0.39, 0.29) is 18.2 Å². The van der Waals surface area contributed by atoms with E-state index in [0.29, 0.717) is 38.5 Å². The van der Waals surface area contributed by atoms with Gasteiger partial charge in [-0.2, -0.15) is 5.10 Å². The van der Waals surface area contributed by atoms with Crippen LogP contribution in [0.25, 0.3) is 16.9 Å². The lowest BCUT2D eigenvalue weighted by Crippen LogP contribution is -2.37. The number of hydrogen-bond acceptors (Lipinski definition) is 4. The van der Waals surface area contributed by atoms with Crippen LogP contribution in [-0.2, 0) is 4.74 Å². The predicted octanol–water partition coefficient (Wildman–Crippen LogP) is 5.89. The van der Waals surface area contributed by atoms with E-state index in [1.807, 2.05) is 17.0 Å². The second-order valence-electron chi connectivity index (χ2n) is 8.19. The van der Waals surface area contributed by atoms with Crippen molar-refractivity contribution < 1.29 is 14.3 Å². The molecule has 4 rings (SSSR count). The number of halogens is 2. The zero-order chi connectivity index (χ0) is 23.5. The number of likely N-dealkylation sites (tertiary alicyclic amines) is 1. The zero-order valence-corrected chi connectivity index (χ0v) is 20.1. The van der Waals surface area contributed by atoms with Crippen molar-refractivity contribution in [2.75, 3.05) is 19.7 Å². The van der Waals surface area contributed by atoms with Crippen LogP contribution in [0.3, 0.4) is 0 Å². The molecule has 2 aromatic carbocycles. The Morgan fingerprint density at radius 1 is 1.06 bits per heavy atom. The predicted molar refractivity (Wildman–Crippen MR) is 129 cm³/mol. The Balaban J connectivity index is 1.68. The third-order valence-electron chi connectivity index (χ3n) is 5.83. The number of benzene rings is 2. The van der Waals surface area contributed by atoms with Gasteiger partial charge in [0.1, 0.15) is 0 Å². The highest BCUT2D eigenvalue weighted by atomic mass is 35.5. The summed E-state index contributed by atoms with van der Waals surface area (Å²) in [5.41, 5.74) is 2.77. The average molecular weight is 486 g/mol. The summed E-state index contributed by atoms with van der Waals surface area (Å²) in [7, 11) is 0. The van der Waals surface area contributed by atoms with Crippen molar-refractivity contribution in [2.45, 2.75) is 26.7 Å². The molecule has 1 aromatic heterocycles. The van der Waals surface area contributed by atoms with E-state index in [1.165, 1.54) is 0 Å². The fourth-order valence-electron chi connectivity index (χ4n) is 3.91. The number of carbonyl (C=O) groups is 2. The third kappa shape index (κ3) is 5.07. The molecule has 1 fully saturated rings. The summed E-state index contributed by atoms with van der Waals surface area (Å²) in [6.45, 7) is 5.77. The van der Waals surface area contributed by atoms with Crippen LogP contribution in [0.2, 0.25) is 10.0 Å². The molecule has 1 saturated heterocycles. The molecule has 0 atom stereocenters. The molecule has 1 amide bonds. The van der Waals surface area contributed by atoms with E-state index in [0.717, 1.165) is 25.9 Å². The molecule has 8 heteroatoms. The summed E-state index contributed by atoms with van der Waals surface area (Å²) in [4.78, 5) is 27.2. The summed E-state index contributed by atoms with van der Waals surface area (Å²) in [5.74, 6) is 0.166. The average Bonchev–Trinajstić information content (AvgIpc) is 3.25. The fraction of sp³-hybridized carbons (Fsp3) is 0.320. The first kappa shape index (κ1) is 23.3. The van der Waals surface area contributed by atoms with Crippen LogP contribution in [0.5, 0.6) is 0 Å². The molecule has 2 heterocycles. The Hall–Kier alpha value is -2.83. The molecule has 0 unspecified atom stereocenters. The number of piperidine rings is 1. The molecular formula is C25H25Cl2N3O3. The van der Waals surface area contributed by atoms with Gasteiger partial charge in [0.15, 0.2) is 5.69 Å². The van der Waals surface area contributed by atoms with Gasteiger partial charge >= 0.3 is 5.97 Å². The normalized spacial score (nSPS) is 14.4. The van der Waals surface area contributed by atoms with Crippen molar-refractivity contribution in [3.63, 3.8) is 0 Å². The van der Waals surface area contributed by atoms with Crippen LogP contribution in [0, 0.1) is 5.92 Å². The smallest absolute Gasteiger partial charge is 0.358 e. The molecule has 172 valence electrons. The Labute approximate surface area is 203 Å². The number of carbonyl (C=O) groups excluding carboxylic acids is 2. The van der Waals surface area contributed by atoms with Crippen LogP contribution in [0.4, 0.5) is 0 Å². The maximum absolute atomic E-state index is 12.9. The van der Waals surface area contributed by atoms with E-state index in [9.17, 15) is 9.59 Å². The van der Waals surface area contributed by atoms with Gasteiger partial charge < -0.3 is 9.64 Å². The molecule has 33 heavy (non-hydrogen) atoms. The largest absolute Gasteiger partial charge is 0.461 e. The monoisotopic (exact) mass is 485 g/mol. The van der Waals surface area contributed by atoms with Gasteiger partial charge in [0.05, 0.1) is 23.0 Å². The second kappa shape index (κ2) is 9.98. The number of hydrogen-bond donors (Lipinski definition) is 0. The number of nitrogens with zero attached hydrogens (tertiary/aromatic N) is 3. The molecule has 0 aliphatic carbocycles. The third-order valence-corrected chi connectivity index (χ3v) is 6.38. The first-order valence-corrected chi connectivity index (χ1v) is 11.7. The Bertz CT molecular complexity index is 1170. The van der Waals surface area contributed by atoms with Gasteiger partial charge in [-0.25, -0.2) is 9.48 Å². The maximum atomic E-state index is 12.9. The van der Waals surface area contributed by atoms with Gasteiger partial charge in [-0.05, 0) is 74.2 Å². The number of ether oxygens (including phenoxy) is 1. The van der Waals surface area contributed by atoms with E-state index in [4.69, 9.17) is 27.9 Å². The molecule has 0 radical (unpaired) electrons. The molecule has 6 nitrogen and oxygen atoms in total. The number of esters is 1. The van der Waals surface area contributed by atoms with Gasteiger partial charge in [-0.1, -0.05) is 30.1 Å². The first-order valence-electron chi connectivity index (χ1n) is 11.0. The molecular weight excluding hydrogens is 461 g/mol. The highest BCUT2D eigenvalue weighted by Crippen LogP contribution is 2.32. The van der Waals surface area contributed by atoms with Crippen LogP contribution in [0.1, 0.15) is 47.5 Å². The molecule has 3 aromatic rings. The van der Waals surface area contributed by atoms with E-state index < -0.39 is 5.97 Å². The summed E-state index contributed by atoms with van der Waals surface area (Å²) >= 11 is 12.5. The number of aromatic nitrogens is 2. The Morgan fingerprint density at radius 3 is 2.39 bits per heavy atom. The summed E-state index contributed by atoms with van der Waals surface area (Å²) in [6, 6.07) is 14.0. The van der Waals surface area contributed by atoms with Crippen molar-refractivity contribution in [3.05, 3.63) is 69.8 Å². The standard InChI is InChI=1S/C25H25Cl2N3O3/c1-3-33-25(32)22-15-23(20-9-6-18(26)14-21(20)27)30(28-22)19-7-4-17(5-8-19)24(31)29-12-10-16(2)11-13-29/h4-9,14-16H,3,10-13H2,1-2H3. The van der Waals surface area contributed by atoms with Gasteiger partial charge in [0.25, 0.3) is 5.91 Å². The summed E-state index contributed by atoms with van der Waals surface area (Å²) < 4.78 is 6.75. The van der Waals surface area contributed by atoms with Gasteiger partial charge in [-0.3, -0.25) is 4.79 Å². The van der Waals surface area contributed by atoms with Crippen LogP contribution in [0.15, 0.2) is 48.5 Å². The Morgan fingerprint density at radius 2 is 1.76 bits per heavy atom. The topological polar surface area (TPSA) is 64.4 Å². The minimum Gasteiger partial charge on any atom is -0.461 e. The maximum Gasteiger partial charge on any atom is 0.358 e. The second-order valence-corrected chi connectivity index (χ2v) is 9.04. The van der Waals surface area contributed by atoms with Gasteiger partial charge in [0, 0.05) is 29.2 Å². The highest BCUT2D eigenvalue weighted by molar-refractivity contribution is 6.36. The number of rotatable bonds is 5. The molecule has 0 bridgehead atoms. The summed E-state index contributed by atoms with van der Waals surface area (Å²) in [6.07, 6.45) is 2.05. The molecule has 1 aliphatic rings. The van der Waals surface area contributed by atoms with Crippen molar-refractivity contribution in [2.24, 2.45) is 5.92 Å². The van der Waals surface area contributed by atoms with E-state index in [2.05, 4.69) is 12.0 Å². The first-order chi connectivity index (χ1) is 15.9. The van der Waals surface area contributed by atoms with Gasteiger partial charge in [0.2, 0.25) is 0 Å². The number of amides is 1. The van der Waals surface area contributed by atoms with Crippen molar-refractivity contribution in [3.8, 4) is 16.9 Å². The minimum absolute atomic E-state index is 0.0297. The van der Waals surface area contributed by atoms with Crippen molar-refractivity contribution in [1.82, 2.24) is 14.7 Å².